The van der Waals surface area contributed by atoms with E-state index in [1.54, 1.807) is 12.1 Å². The van der Waals surface area contributed by atoms with Crippen LogP contribution in [-0.2, 0) is 22.3 Å². The van der Waals surface area contributed by atoms with Gasteiger partial charge < -0.3 is 4.40 Å². The van der Waals surface area contributed by atoms with Crippen LogP contribution < -0.4 is 4.72 Å². The lowest BCUT2D eigenvalue weighted by Gasteiger charge is -2.06. The van der Waals surface area contributed by atoms with Crippen molar-refractivity contribution < 1.29 is 8.42 Å². The minimum atomic E-state index is -3.39. The Hall–Kier alpha value is -2.18. The fourth-order valence-electron chi connectivity index (χ4n) is 2.42. The number of fused-ring (bicyclic) bond motifs is 1. The third-order valence-corrected chi connectivity index (χ3v) is 4.76. The van der Waals surface area contributed by atoms with Gasteiger partial charge in [-0.1, -0.05) is 36.4 Å². The summed E-state index contributed by atoms with van der Waals surface area (Å²) in [6.07, 6.45) is 1.92. The van der Waals surface area contributed by atoms with Crippen molar-refractivity contribution in [2.24, 2.45) is 0 Å². The van der Waals surface area contributed by atoms with Gasteiger partial charge in [0, 0.05) is 6.20 Å². The van der Waals surface area contributed by atoms with Crippen LogP contribution >= 0.6 is 0 Å². The van der Waals surface area contributed by atoms with Gasteiger partial charge in [0.05, 0.1) is 23.5 Å². The van der Waals surface area contributed by atoms with Crippen molar-refractivity contribution in [2.75, 3.05) is 0 Å². The molecule has 3 aromatic rings. The number of benzene rings is 1. The van der Waals surface area contributed by atoms with Crippen LogP contribution in [-0.4, -0.2) is 17.8 Å². The molecular weight excluding hydrogens is 298 g/mol. The van der Waals surface area contributed by atoms with Crippen molar-refractivity contribution in [1.82, 2.24) is 14.1 Å². The Morgan fingerprint density at radius 3 is 2.59 bits per heavy atom. The summed E-state index contributed by atoms with van der Waals surface area (Å²) < 4.78 is 28.9. The molecule has 2 heterocycles. The third-order valence-electron chi connectivity index (χ3n) is 3.46. The van der Waals surface area contributed by atoms with E-state index in [1.165, 1.54) is 0 Å². The van der Waals surface area contributed by atoms with Crippen LogP contribution in [0, 0.1) is 6.92 Å². The summed E-state index contributed by atoms with van der Waals surface area (Å²) in [6, 6.07) is 14.9. The fourth-order valence-corrected chi connectivity index (χ4v) is 3.51. The first-order chi connectivity index (χ1) is 10.6. The molecule has 114 valence electrons. The van der Waals surface area contributed by atoms with Crippen molar-refractivity contribution >= 4 is 15.5 Å². The van der Waals surface area contributed by atoms with Crippen LogP contribution in [0.3, 0.4) is 0 Å². The Morgan fingerprint density at radius 2 is 1.82 bits per heavy atom. The van der Waals surface area contributed by atoms with Crippen LogP contribution in [0.5, 0.6) is 0 Å². The van der Waals surface area contributed by atoms with Gasteiger partial charge >= 0.3 is 0 Å². The zero-order valence-electron chi connectivity index (χ0n) is 12.2. The Balaban J connectivity index is 1.76. The average Bonchev–Trinajstić information content (AvgIpc) is 2.83. The molecule has 0 radical (unpaired) electrons. The molecule has 5 nitrogen and oxygen atoms in total. The smallest absolute Gasteiger partial charge is 0.216 e. The van der Waals surface area contributed by atoms with Gasteiger partial charge in [-0.2, -0.15) is 0 Å². The standard InChI is InChI=1S/C16H17N3O2S/c1-13-18-15(16-9-5-6-10-19(13)16)11-17-22(20,21)12-14-7-3-2-4-8-14/h2-10,17H,11-12H2,1H3. The summed E-state index contributed by atoms with van der Waals surface area (Å²) in [5.74, 6) is 0.811. The van der Waals surface area contributed by atoms with E-state index >= 15 is 0 Å². The number of rotatable bonds is 5. The normalized spacial score (nSPS) is 11.9. The van der Waals surface area contributed by atoms with Crippen LogP contribution in [0.25, 0.3) is 5.52 Å². The van der Waals surface area contributed by atoms with Gasteiger partial charge in [0.15, 0.2) is 0 Å². The van der Waals surface area contributed by atoms with Crippen molar-refractivity contribution in [3.05, 3.63) is 71.8 Å². The SMILES string of the molecule is Cc1nc(CNS(=O)(=O)Cc2ccccc2)c2ccccn12. The van der Waals surface area contributed by atoms with Crippen molar-refractivity contribution in [1.29, 1.82) is 0 Å². The first-order valence-corrected chi connectivity index (χ1v) is 8.64. The summed E-state index contributed by atoms with van der Waals surface area (Å²) in [5.41, 5.74) is 2.41. The largest absolute Gasteiger partial charge is 0.304 e. The maximum absolute atomic E-state index is 12.2. The molecular formula is C16H17N3O2S. The van der Waals surface area contributed by atoms with Crippen LogP contribution in [0.1, 0.15) is 17.1 Å². The van der Waals surface area contributed by atoms with E-state index < -0.39 is 10.0 Å². The number of aryl methyl sites for hydroxylation is 1. The molecule has 0 amide bonds. The van der Waals surface area contributed by atoms with Gasteiger partial charge in [-0.15, -0.1) is 0 Å². The number of hydrogen-bond donors (Lipinski definition) is 1. The van der Waals surface area contributed by atoms with E-state index in [0.29, 0.717) is 0 Å². The van der Waals surface area contributed by atoms with Gasteiger partial charge in [0.1, 0.15) is 5.82 Å². The predicted octanol–water partition coefficient (Wildman–Crippen LogP) is 2.26. The maximum Gasteiger partial charge on any atom is 0.216 e. The monoisotopic (exact) mass is 315 g/mol. The Labute approximate surface area is 129 Å². The second kappa shape index (κ2) is 5.90. The minimum absolute atomic E-state index is 0.0292. The highest BCUT2D eigenvalue weighted by atomic mass is 32.2. The molecule has 1 N–H and O–H groups in total. The second-order valence-electron chi connectivity index (χ2n) is 5.13. The Morgan fingerprint density at radius 1 is 1.09 bits per heavy atom. The molecule has 0 atom stereocenters. The highest BCUT2D eigenvalue weighted by molar-refractivity contribution is 7.88. The van der Waals surface area contributed by atoms with Gasteiger partial charge in [-0.3, -0.25) is 0 Å². The number of aromatic nitrogens is 2. The lowest BCUT2D eigenvalue weighted by molar-refractivity contribution is 0.580. The zero-order chi connectivity index (χ0) is 15.6. The van der Waals surface area contributed by atoms with Crippen molar-refractivity contribution in [3.8, 4) is 0 Å². The number of imidazole rings is 1. The molecule has 0 saturated carbocycles. The molecule has 22 heavy (non-hydrogen) atoms. The molecule has 0 fully saturated rings. The summed E-state index contributed by atoms with van der Waals surface area (Å²) in [6.45, 7) is 2.09. The number of pyridine rings is 1. The number of hydrogen-bond acceptors (Lipinski definition) is 3. The molecule has 0 bridgehead atoms. The molecule has 6 heteroatoms. The highest BCUT2D eigenvalue weighted by Crippen LogP contribution is 2.13. The summed E-state index contributed by atoms with van der Waals surface area (Å²) in [5, 5.41) is 0. The molecule has 2 aromatic heterocycles. The van der Waals surface area contributed by atoms with E-state index in [9.17, 15) is 8.42 Å². The van der Waals surface area contributed by atoms with E-state index in [1.807, 2.05) is 53.9 Å². The molecule has 0 saturated heterocycles. The Bertz CT molecular complexity index is 886. The van der Waals surface area contributed by atoms with Crippen LogP contribution in [0.15, 0.2) is 54.7 Å². The van der Waals surface area contributed by atoms with Gasteiger partial charge in [-0.05, 0) is 24.6 Å². The van der Waals surface area contributed by atoms with Crippen molar-refractivity contribution in [3.63, 3.8) is 0 Å². The molecule has 0 aliphatic carbocycles. The third kappa shape index (κ3) is 3.18. The predicted molar refractivity (Wildman–Crippen MR) is 85.8 cm³/mol. The lowest BCUT2D eigenvalue weighted by atomic mass is 10.2. The Kier molecular flexibility index (Phi) is 3.96. The van der Waals surface area contributed by atoms with Gasteiger partial charge in [0.2, 0.25) is 10.0 Å². The van der Waals surface area contributed by atoms with Crippen LogP contribution in [0.4, 0.5) is 0 Å². The van der Waals surface area contributed by atoms with E-state index in [2.05, 4.69) is 9.71 Å². The van der Waals surface area contributed by atoms with E-state index in [-0.39, 0.29) is 12.3 Å². The van der Waals surface area contributed by atoms with Crippen molar-refractivity contribution in [2.45, 2.75) is 19.2 Å². The first-order valence-electron chi connectivity index (χ1n) is 6.99. The van der Waals surface area contributed by atoms with E-state index in [0.717, 1.165) is 22.6 Å². The molecule has 3 rings (SSSR count). The number of nitrogens with one attached hydrogen (secondary N) is 1. The van der Waals surface area contributed by atoms with Gasteiger partial charge in [-0.25, -0.2) is 18.1 Å². The summed E-state index contributed by atoms with van der Waals surface area (Å²) in [4.78, 5) is 4.44. The quantitative estimate of drug-likeness (QED) is 0.785. The summed E-state index contributed by atoms with van der Waals surface area (Å²) >= 11 is 0. The molecule has 0 unspecified atom stereocenters. The fraction of sp³-hybridized carbons (Fsp3) is 0.188. The topological polar surface area (TPSA) is 63.5 Å². The maximum atomic E-state index is 12.2. The lowest BCUT2D eigenvalue weighted by Crippen LogP contribution is -2.25. The number of sulfonamides is 1. The molecule has 0 aliphatic rings. The summed E-state index contributed by atoms with van der Waals surface area (Å²) in [7, 11) is -3.39. The number of nitrogens with zero attached hydrogens (tertiary/aromatic N) is 2. The first kappa shape index (κ1) is 14.7. The molecule has 0 aliphatic heterocycles. The molecule has 0 spiro atoms. The average molecular weight is 315 g/mol. The van der Waals surface area contributed by atoms with Gasteiger partial charge in [0.25, 0.3) is 0 Å². The molecule has 1 aromatic carbocycles. The van der Waals surface area contributed by atoms with E-state index in [4.69, 9.17) is 0 Å². The highest BCUT2D eigenvalue weighted by Gasteiger charge is 2.14. The minimum Gasteiger partial charge on any atom is -0.304 e. The zero-order valence-corrected chi connectivity index (χ0v) is 13.0. The second-order valence-corrected chi connectivity index (χ2v) is 6.93. The van der Waals surface area contributed by atoms with Crippen LogP contribution in [0.2, 0.25) is 0 Å².